The first-order chi connectivity index (χ1) is 17.6. The topological polar surface area (TPSA) is 0 Å². The second kappa shape index (κ2) is 9.25. The van der Waals surface area contributed by atoms with Crippen molar-refractivity contribution >= 4 is 16.3 Å². The first-order valence-corrected chi connectivity index (χ1v) is 13.7. The summed E-state index contributed by atoms with van der Waals surface area (Å²) < 4.78 is 0. The summed E-state index contributed by atoms with van der Waals surface area (Å²) in [5, 5.41) is 2.84. The van der Waals surface area contributed by atoms with Crippen LogP contribution in [-0.4, -0.2) is 0 Å². The van der Waals surface area contributed by atoms with Crippen LogP contribution in [0.2, 0.25) is 0 Å². The van der Waals surface area contributed by atoms with Crippen LogP contribution in [0.25, 0.3) is 27.5 Å². The Kier molecular flexibility index (Phi) is 5.92. The van der Waals surface area contributed by atoms with Gasteiger partial charge >= 0.3 is 0 Å². The van der Waals surface area contributed by atoms with Gasteiger partial charge < -0.3 is 0 Å². The van der Waals surface area contributed by atoms with Gasteiger partial charge in [-0.25, -0.2) is 0 Å². The second-order valence-electron chi connectivity index (χ2n) is 10.6. The molecule has 1 atom stereocenters. The van der Waals surface area contributed by atoms with E-state index in [2.05, 4.69) is 107 Å². The monoisotopic (exact) mass is 468 g/mol. The van der Waals surface area contributed by atoms with E-state index >= 15 is 0 Å². The summed E-state index contributed by atoms with van der Waals surface area (Å²) in [4.78, 5) is 0. The largest absolute Gasteiger partial charge is 0.0836 e. The molecule has 180 valence electrons. The van der Waals surface area contributed by atoms with Crippen molar-refractivity contribution in [1.29, 1.82) is 0 Å². The third kappa shape index (κ3) is 3.66. The maximum Gasteiger partial charge on any atom is 0.0101 e. The van der Waals surface area contributed by atoms with Crippen LogP contribution in [0.15, 0.2) is 84.5 Å². The van der Waals surface area contributed by atoms with Gasteiger partial charge in [0.05, 0.1) is 0 Å². The highest BCUT2D eigenvalue weighted by molar-refractivity contribution is 5.98. The van der Waals surface area contributed by atoms with Crippen LogP contribution in [0.4, 0.5) is 0 Å². The first kappa shape index (κ1) is 23.0. The molecule has 36 heavy (non-hydrogen) atoms. The van der Waals surface area contributed by atoms with Crippen molar-refractivity contribution in [2.45, 2.75) is 65.7 Å². The molecule has 4 aromatic carbocycles. The zero-order chi connectivity index (χ0) is 24.8. The van der Waals surface area contributed by atoms with Crippen molar-refractivity contribution in [3.63, 3.8) is 0 Å². The fourth-order valence-corrected chi connectivity index (χ4v) is 6.90. The number of hydrogen-bond donors (Lipinski definition) is 0. The normalized spacial score (nSPS) is 16.8. The molecule has 0 amide bonds. The zero-order valence-corrected chi connectivity index (χ0v) is 22.1. The summed E-state index contributed by atoms with van der Waals surface area (Å²) in [6.45, 7) is 9.16. The molecule has 0 fully saturated rings. The molecule has 0 radical (unpaired) electrons. The molecule has 0 aliphatic heterocycles. The SMILES string of the molecule is CCc1cccc(CC)c1-c1cc(C)c2c3c(ccc2c1)C1=C(CCC=C1)C(c1ccccc1C)C3. The number of hydrogen-bond acceptors (Lipinski definition) is 0. The molecule has 0 heterocycles. The van der Waals surface area contributed by atoms with Crippen LogP contribution >= 0.6 is 0 Å². The Morgan fingerprint density at radius 3 is 2.33 bits per heavy atom. The molecule has 0 spiro atoms. The molecule has 2 aliphatic carbocycles. The lowest BCUT2D eigenvalue weighted by Gasteiger charge is -2.34. The Labute approximate surface area is 216 Å². The van der Waals surface area contributed by atoms with E-state index in [1.165, 1.54) is 72.8 Å². The molecule has 0 aromatic heterocycles. The van der Waals surface area contributed by atoms with Gasteiger partial charge in [-0.1, -0.05) is 92.2 Å². The first-order valence-electron chi connectivity index (χ1n) is 13.7. The molecule has 2 aliphatic rings. The van der Waals surface area contributed by atoms with E-state index in [4.69, 9.17) is 0 Å². The van der Waals surface area contributed by atoms with Crippen molar-refractivity contribution in [2.24, 2.45) is 0 Å². The summed E-state index contributed by atoms with van der Waals surface area (Å²) in [5.41, 5.74) is 16.1. The number of allylic oxidation sites excluding steroid dienone is 4. The Bertz CT molecular complexity index is 1520. The van der Waals surface area contributed by atoms with Crippen LogP contribution in [0, 0.1) is 13.8 Å². The Morgan fingerprint density at radius 1 is 0.806 bits per heavy atom. The zero-order valence-electron chi connectivity index (χ0n) is 22.1. The van der Waals surface area contributed by atoms with E-state index in [1.807, 2.05) is 0 Å². The highest BCUT2D eigenvalue weighted by Crippen LogP contribution is 2.48. The second-order valence-corrected chi connectivity index (χ2v) is 10.6. The minimum atomic E-state index is 0.468. The standard InChI is InChI=1S/C36H36/c1-5-25-13-11-14-26(6-2)36(25)28-20-24(4)35-27(21-28)18-19-32-30-16-9-10-17-31(30)33(22-34(32)35)29-15-8-7-12-23(29)3/h7-9,11-16,18-21,33H,5-6,10,17,22H2,1-4H3. The average Bonchev–Trinajstić information content (AvgIpc) is 2.92. The predicted octanol–water partition coefficient (Wildman–Crippen LogP) is 9.69. The van der Waals surface area contributed by atoms with E-state index < -0.39 is 0 Å². The van der Waals surface area contributed by atoms with Gasteiger partial charge in [0.25, 0.3) is 0 Å². The summed E-state index contributed by atoms with van der Waals surface area (Å²) in [6, 6.07) is 25.6. The molecule has 0 saturated carbocycles. The van der Waals surface area contributed by atoms with Gasteiger partial charge in [-0.05, 0) is 118 Å². The summed E-state index contributed by atoms with van der Waals surface area (Å²) in [5.74, 6) is 0.468. The quantitative estimate of drug-likeness (QED) is 0.280. The number of benzene rings is 4. The molecule has 0 bridgehead atoms. The maximum absolute atomic E-state index is 2.46. The van der Waals surface area contributed by atoms with Gasteiger partial charge in [-0.3, -0.25) is 0 Å². The van der Waals surface area contributed by atoms with Gasteiger partial charge in [0.15, 0.2) is 0 Å². The Morgan fingerprint density at radius 2 is 1.58 bits per heavy atom. The minimum absolute atomic E-state index is 0.468. The fraction of sp³-hybridized carbons (Fsp3) is 0.278. The Hall–Kier alpha value is -3.38. The molecular formula is C36H36. The van der Waals surface area contributed by atoms with Crippen molar-refractivity contribution in [1.82, 2.24) is 0 Å². The third-order valence-electron chi connectivity index (χ3n) is 8.60. The van der Waals surface area contributed by atoms with E-state index in [1.54, 1.807) is 5.57 Å². The molecule has 0 heteroatoms. The maximum atomic E-state index is 2.46. The lowest BCUT2D eigenvalue weighted by Crippen LogP contribution is -2.17. The Balaban J connectivity index is 1.57. The molecular weight excluding hydrogens is 432 g/mol. The highest BCUT2D eigenvalue weighted by Gasteiger charge is 2.30. The van der Waals surface area contributed by atoms with Crippen molar-refractivity contribution < 1.29 is 0 Å². The summed E-state index contributed by atoms with van der Waals surface area (Å²) in [6.07, 6.45) is 10.3. The van der Waals surface area contributed by atoms with Crippen LogP contribution in [0.1, 0.15) is 71.6 Å². The van der Waals surface area contributed by atoms with Gasteiger partial charge in [-0.2, -0.15) is 0 Å². The van der Waals surface area contributed by atoms with Crippen LogP contribution < -0.4 is 0 Å². The molecule has 0 nitrogen and oxygen atoms in total. The van der Waals surface area contributed by atoms with Crippen molar-refractivity contribution in [3.8, 4) is 11.1 Å². The van der Waals surface area contributed by atoms with E-state index in [0.717, 1.165) is 25.7 Å². The van der Waals surface area contributed by atoms with E-state index in [9.17, 15) is 0 Å². The fourth-order valence-electron chi connectivity index (χ4n) is 6.90. The van der Waals surface area contributed by atoms with Gasteiger partial charge in [0.1, 0.15) is 0 Å². The van der Waals surface area contributed by atoms with Crippen molar-refractivity contribution in [3.05, 3.63) is 123 Å². The van der Waals surface area contributed by atoms with Crippen LogP contribution in [0.5, 0.6) is 0 Å². The molecule has 0 saturated heterocycles. The lowest BCUT2D eigenvalue weighted by molar-refractivity contribution is 0.720. The van der Waals surface area contributed by atoms with Crippen molar-refractivity contribution in [2.75, 3.05) is 0 Å². The van der Waals surface area contributed by atoms with E-state index in [0.29, 0.717) is 5.92 Å². The van der Waals surface area contributed by atoms with Crippen LogP contribution in [0.3, 0.4) is 0 Å². The number of aryl methyl sites for hydroxylation is 4. The van der Waals surface area contributed by atoms with E-state index in [-0.39, 0.29) is 0 Å². The molecule has 1 unspecified atom stereocenters. The predicted molar refractivity (Wildman–Crippen MR) is 156 cm³/mol. The molecule has 4 aromatic rings. The van der Waals surface area contributed by atoms with Gasteiger partial charge in [-0.15, -0.1) is 0 Å². The summed E-state index contributed by atoms with van der Waals surface area (Å²) >= 11 is 0. The number of fused-ring (bicyclic) bond motifs is 4. The summed E-state index contributed by atoms with van der Waals surface area (Å²) in [7, 11) is 0. The minimum Gasteiger partial charge on any atom is -0.0836 e. The number of rotatable bonds is 4. The smallest absolute Gasteiger partial charge is 0.0101 e. The van der Waals surface area contributed by atoms with Gasteiger partial charge in [0.2, 0.25) is 0 Å². The average molecular weight is 469 g/mol. The molecule has 0 N–H and O–H groups in total. The molecule has 6 rings (SSSR count). The highest BCUT2D eigenvalue weighted by atomic mass is 14.3. The lowest BCUT2D eigenvalue weighted by atomic mass is 9.70. The third-order valence-corrected chi connectivity index (χ3v) is 8.60. The van der Waals surface area contributed by atoms with Crippen LogP contribution in [-0.2, 0) is 19.3 Å². The van der Waals surface area contributed by atoms with Gasteiger partial charge in [0, 0.05) is 5.92 Å².